The van der Waals surface area contributed by atoms with Gasteiger partial charge in [-0.2, -0.15) is 18.3 Å². The van der Waals surface area contributed by atoms with Crippen LogP contribution < -0.4 is 10.6 Å². The third-order valence-electron chi connectivity index (χ3n) is 5.51. The molecular weight excluding hydrogens is 435 g/mol. The average molecular weight is 458 g/mol. The van der Waals surface area contributed by atoms with Crippen LogP contribution in [0.2, 0.25) is 5.02 Å². The van der Waals surface area contributed by atoms with Crippen molar-refractivity contribution in [2.24, 2.45) is 0 Å². The highest BCUT2D eigenvalue weighted by Crippen LogP contribution is 2.43. The largest absolute Gasteiger partial charge is 0.410 e. The highest BCUT2D eigenvalue weighted by molar-refractivity contribution is 6.30. The monoisotopic (exact) mass is 457 g/mol. The summed E-state index contributed by atoms with van der Waals surface area (Å²) in [7, 11) is 0. The molecule has 0 bridgehead atoms. The predicted octanol–water partition coefficient (Wildman–Crippen LogP) is 3.26. The van der Waals surface area contributed by atoms with E-state index in [1.165, 1.54) is 6.07 Å². The number of benzene rings is 1. The van der Waals surface area contributed by atoms with Crippen LogP contribution >= 0.6 is 11.6 Å². The maximum atomic E-state index is 13.8. The summed E-state index contributed by atoms with van der Waals surface area (Å²) in [5.41, 5.74) is 0.637. The van der Waals surface area contributed by atoms with Crippen molar-refractivity contribution < 1.29 is 22.7 Å². The summed E-state index contributed by atoms with van der Waals surface area (Å²) in [5.74, 6) is -0.340. The van der Waals surface area contributed by atoms with Gasteiger partial charge < -0.3 is 15.4 Å². The van der Waals surface area contributed by atoms with Gasteiger partial charge in [0.1, 0.15) is 5.82 Å². The normalized spacial score (nSPS) is 21.9. The molecule has 168 valence electrons. The lowest BCUT2D eigenvalue weighted by Gasteiger charge is -2.33. The number of anilines is 1. The van der Waals surface area contributed by atoms with Crippen LogP contribution in [0.25, 0.3) is 0 Å². The standard InChI is InChI=1S/C20H23ClF3N5O2/c21-14-3-1-13(2-4-14)15-11-17(20(22,23)24)29-18(26-15)12-16(27-29)19(30)25-5-6-28-7-9-31-10-8-28/h1-4,12,15,17,26H,5-11H2,(H,25,30)/t15-,17-/m0/s1. The van der Waals surface area contributed by atoms with Gasteiger partial charge >= 0.3 is 6.18 Å². The Bertz CT molecular complexity index is 913. The summed E-state index contributed by atoms with van der Waals surface area (Å²) < 4.78 is 47.4. The molecule has 2 aromatic rings. The molecule has 1 fully saturated rings. The number of hydrogen-bond donors (Lipinski definition) is 2. The zero-order valence-corrected chi connectivity index (χ0v) is 17.4. The molecule has 2 aliphatic heterocycles. The Kier molecular flexibility index (Phi) is 6.40. The first kappa shape index (κ1) is 21.9. The van der Waals surface area contributed by atoms with Crippen LogP contribution in [0.3, 0.4) is 0 Å². The topological polar surface area (TPSA) is 71.4 Å². The number of halogens is 4. The highest BCUT2D eigenvalue weighted by Gasteiger charge is 2.46. The first-order valence-electron chi connectivity index (χ1n) is 10.1. The minimum absolute atomic E-state index is 0.0458. The van der Waals surface area contributed by atoms with Crippen molar-refractivity contribution in [3.8, 4) is 0 Å². The number of ether oxygens (including phenoxy) is 1. The second kappa shape index (κ2) is 9.05. The van der Waals surface area contributed by atoms with Crippen molar-refractivity contribution in [1.29, 1.82) is 0 Å². The van der Waals surface area contributed by atoms with Gasteiger partial charge in [0.05, 0.1) is 19.3 Å². The lowest BCUT2D eigenvalue weighted by atomic mass is 9.97. The maximum Gasteiger partial charge on any atom is 0.410 e. The van der Waals surface area contributed by atoms with Crippen molar-refractivity contribution in [2.75, 3.05) is 44.7 Å². The van der Waals surface area contributed by atoms with Gasteiger partial charge in [-0.1, -0.05) is 23.7 Å². The van der Waals surface area contributed by atoms with Gasteiger partial charge in [0.25, 0.3) is 5.91 Å². The molecule has 0 saturated carbocycles. The van der Waals surface area contributed by atoms with E-state index in [2.05, 4.69) is 20.6 Å². The van der Waals surface area contributed by atoms with Gasteiger partial charge in [0, 0.05) is 43.7 Å². The van der Waals surface area contributed by atoms with Gasteiger partial charge in [-0.25, -0.2) is 4.68 Å². The second-order valence-corrected chi connectivity index (χ2v) is 8.05. The number of rotatable bonds is 5. The minimum Gasteiger partial charge on any atom is -0.379 e. The molecule has 0 radical (unpaired) electrons. The van der Waals surface area contributed by atoms with Gasteiger partial charge in [-0.15, -0.1) is 0 Å². The van der Waals surface area contributed by atoms with Gasteiger partial charge in [-0.05, 0) is 17.7 Å². The van der Waals surface area contributed by atoms with E-state index in [1.807, 2.05) is 0 Å². The Morgan fingerprint density at radius 2 is 1.97 bits per heavy atom. The van der Waals surface area contributed by atoms with E-state index in [-0.39, 0.29) is 17.9 Å². The summed E-state index contributed by atoms with van der Waals surface area (Å²) in [4.78, 5) is 14.6. The van der Waals surface area contributed by atoms with E-state index in [0.717, 1.165) is 17.8 Å². The molecule has 1 aromatic carbocycles. The fourth-order valence-electron chi connectivity index (χ4n) is 3.84. The Labute approximate surface area is 182 Å². The summed E-state index contributed by atoms with van der Waals surface area (Å²) in [5, 5.41) is 10.3. The van der Waals surface area contributed by atoms with E-state index >= 15 is 0 Å². The van der Waals surface area contributed by atoms with Gasteiger partial charge in [0.15, 0.2) is 11.7 Å². The molecule has 1 saturated heterocycles. The third kappa shape index (κ3) is 5.13. The van der Waals surface area contributed by atoms with E-state index in [0.29, 0.717) is 36.9 Å². The van der Waals surface area contributed by atoms with E-state index in [4.69, 9.17) is 16.3 Å². The molecule has 0 aliphatic carbocycles. The molecule has 31 heavy (non-hydrogen) atoms. The Morgan fingerprint density at radius 3 is 2.65 bits per heavy atom. The summed E-state index contributed by atoms with van der Waals surface area (Å²) in [6.07, 6.45) is -4.74. The first-order chi connectivity index (χ1) is 14.8. The summed E-state index contributed by atoms with van der Waals surface area (Å²) in [6, 6.07) is 5.62. The number of amides is 1. The fourth-order valence-corrected chi connectivity index (χ4v) is 3.97. The molecule has 1 amide bonds. The molecule has 1 aromatic heterocycles. The quantitative estimate of drug-likeness (QED) is 0.721. The number of aromatic nitrogens is 2. The molecule has 0 unspecified atom stereocenters. The zero-order chi connectivity index (χ0) is 22.0. The number of carbonyl (C=O) groups excluding carboxylic acids is 1. The molecule has 2 atom stereocenters. The molecule has 4 rings (SSSR count). The molecule has 7 nitrogen and oxygen atoms in total. The van der Waals surface area contributed by atoms with Crippen LogP contribution in [0.5, 0.6) is 0 Å². The molecule has 2 aliphatic rings. The van der Waals surface area contributed by atoms with Crippen LogP contribution in [0, 0.1) is 0 Å². The number of hydrogen-bond acceptors (Lipinski definition) is 5. The molecule has 2 N–H and O–H groups in total. The van der Waals surface area contributed by atoms with E-state index < -0.39 is 24.2 Å². The minimum atomic E-state index is -4.50. The van der Waals surface area contributed by atoms with Crippen LogP contribution in [0.15, 0.2) is 30.3 Å². The number of fused-ring (bicyclic) bond motifs is 1. The van der Waals surface area contributed by atoms with Crippen molar-refractivity contribution >= 4 is 23.3 Å². The Morgan fingerprint density at radius 1 is 1.26 bits per heavy atom. The van der Waals surface area contributed by atoms with Crippen molar-refractivity contribution in [3.63, 3.8) is 0 Å². The SMILES string of the molecule is O=C(NCCN1CCOCC1)c1cc2n(n1)[C@H](C(F)(F)F)C[C@@H](c1ccc(Cl)cc1)N2. The molecular formula is C20H23ClF3N5O2. The molecule has 11 heteroatoms. The van der Waals surface area contributed by atoms with Crippen LogP contribution in [-0.2, 0) is 4.74 Å². The number of nitrogens with zero attached hydrogens (tertiary/aromatic N) is 3. The predicted molar refractivity (Wildman–Crippen MR) is 109 cm³/mol. The smallest absolute Gasteiger partial charge is 0.379 e. The maximum absolute atomic E-state index is 13.8. The lowest BCUT2D eigenvalue weighted by molar-refractivity contribution is -0.173. The van der Waals surface area contributed by atoms with Crippen LogP contribution in [0.4, 0.5) is 19.0 Å². The Balaban J connectivity index is 1.48. The zero-order valence-electron chi connectivity index (χ0n) is 16.7. The van der Waals surface area contributed by atoms with Gasteiger partial charge in [0.2, 0.25) is 0 Å². The summed E-state index contributed by atoms with van der Waals surface area (Å²) >= 11 is 5.89. The summed E-state index contributed by atoms with van der Waals surface area (Å²) in [6.45, 7) is 3.91. The van der Waals surface area contributed by atoms with Crippen molar-refractivity contribution in [3.05, 3.63) is 46.6 Å². The van der Waals surface area contributed by atoms with Crippen LogP contribution in [0.1, 0.15) is 34.6 Å². The van der Waals surface area contributed by atoms with Crippen molar-refractivity contribution in [2.45, 2.75) is 24.7 Å². The molecule has 3 heterocycles. The highest BCUT2D eigenvalue weighted by atomic mass is 35.5. The van der Waals surface area contributed by atoms with E-state index in [9.17, 15) is 18.0 Å². The van der Waals surface area contributed by atoms with Crippen LogP contribution in [-0.4, -0.2) is 66.2 Å². The van der Waals surface area contributed by atoms with Crippen molar-refractivity contribution in [1.82, 2.24) is 20.0 Å². The number of alkyl halides is 3. The number of carbonyl (C=O) groups is 1. The van der Waals surface area contributed by atoms with E-state index in [1.54, 1.807) is 24.3 Å². The average Bonchev–Trinajstić information content (AvgIpc) is 3.18. The first-order valence-corrected chi connectivity index (χ1v) is 10.5. The Hall–Kier alpha value is -2.30. The fraction of sp³-hybridized carbons (Fsp3) is 0.500. The third-order valence-corrected chi connectivity index (χ3v) is 5.76. The second-order valence-electron chi connectivity index (χ2n) is 7.61. The molecule has 0 spiro atoms. The number of nitrogens with one attached hydrogen (secondary N) is 2. The lowest BCUT2D eigenvalue weighted by Crippen LogP contribution is -2.41. The van der Waals surface area contributed by atoms with Gasteiger partial charge in [-0.3, -0.25) is 9.69 Å². The number of morpholine rings is 1.